The van der Waals surface area contributed by atoms with Gasteiger partial charge in [0.2, 0.25) is 0 Å². The lowest BCUT2D eigenvalue weighted by atomic mass is 10.1. The lowest BCUT2D eigenvalue weighted by molar-refractivity contribution is 0.0948. The standard InChI is InChI=1S/C21H18N2O3S2/c1-2-23-17-12-14(20(24)22-13-15-6-5-11-27-15)9-10-19(17)28(26)18-8-4-3-7-16(18)21(23)25/h3-12H,2,13H2,1H3,(H,22,24)/t28-/m1/s1. The summed E-state index contributed by atoms with van der Waals surface area (Å²) in [6.07, 6.45) is 0. The number of benzene rings is 2. The zero-order valence-electron chi connectivity index (χ0n) is 15.2. The van der Waals surface area contributed by atoms with Crippen molar-refractivity contribution < 1.29 is 13.8 Å². The largest absolute Gasteiger partial charge is 0.347 e. The molecule has 0 fully saturated rings. The van der Waals surface area contributed by atoms with Gasteiger partial charge in [-0.3, -0.25) is 9.59 Å². The average Bonchev–Trinajstić information content (AvgIpc) is 3.23. The Hall–Kier alpha value is -2.77. The molecular formula is C21H18N2O3S2. The van der Waals surface area contributed by atoms with Gasteiger partial charge in [-0.15, -0.1) is 11.3 Å². The molecule has 0 saturated carbocycles. The molecule has 2 amide bonds. The Morgan fingerprint density at radius 3 is 2.68 bits per heavy atom. The number of carbonyl (C=O) groups excluding carboxylic acids is 2. The van der Waals surface area contributed by atoms with E-state index in [4.69, 9.17) is 0 Å². The number of rotatable bonds is 4. The number of nitrogens with one attached hydrogen (secondary N) is 1. The van der Waals surface area contributed by atoms with Gasteiger partial charge in [0.05, 0.1) is 38.4 Å². The van der Waals surface area contributed by atoms with E-state index in [0.29, 0.717) is 39.7 Å². The van der Waals surface area contributed by atoms with Crippen LogP contribution in [-0.4, -0.2) is 22.6 Å². The van der Waals surface area contributed by atoms with Gasteiger partial charge in [-0.05, 0) is 48.7 Å². The molecule has 2 heterocycles. The van der Waals surface area contributed by atoms with Crippen LogP contribution in [0, 0.1) is 0 Å². The average molecular weight is 411 g/mol. The summed E-state index contributed by atoms with van der Waals surface area (Å²) >= 11 is 1.58. The fourth-order valence-electron chi connectivity index (χ4n) is 3.20. The first kappa shape index (κ1) is 18.6. The van der Waals surface area contributed by atoms with E-state index in [2.05, 4.69) is 5.32 Å². The third-order valence-corrected chi connectivity index (χ3v) is 6.97. The molecule has 0 bridgehead atoms. The van der Waals surface area contributed by atoms with Crippen LogP contribution < -0.4 is 10.2 Å². The van der Waals surface area contributed by atoms with Crippen molar-refractivity contribution in [3.05, 3.63) is 76.0 Å². The number of nitrogens with zero attached hydrogens (tertiary/aromatic N) is 1. The quantitative estimate of drug-likeness (QED) is 0.711. The van der Waals surface area contributed by atoms with Gasteiger partial charge in [0.25, 0.3) is 11.8 Å². The minimum atomic E-state index is -1.49. The molecule has 0 saturated heterocycles. The lowest BCUT2D eigenvalue weighted by Crippen LogP contribution is -2.31. The van der Waals surface area contributed by atoms with E-state index in [1.54, 1.807) is 58.7 Å². The van der Waals surface area contributed by atoms with E-state index in [1.807, 2.05) is 24.4 Å². The molecular weight excluding hydrogens is 392 g/mol. The van der Waals surface area contributed by atoms with Crippen LogP contribution in [0.3, 0.4) is 0 Å². The predicted molar refractivity (Wildman–Crippen MR) is 110 cm³/mol. The lowest BCUT2D eigenvalue weighted by Gasteiger charge is -2.21. The molecule has 0 aliphatic carbocycles. The zero-order valence-corrected chi connectivity index (χ0v) is 16.8. The van der Waals surface area contributed by atoms with Crippen LogP contribution >= 0.6 is 11.3 Å². The monoisotopic (exact) mass is 410 g/mol. The van der Waals surface area contributed by atoms with Gasteiger partial charge in [0, 0.05) is 17.0 Å². The third kappa shape index (κ3) is 3.27. The molecule has 0 unspecified atom stereocenters. The van der Waals surface area contributed by atoms with Gasteiger partial charge in [0.1, 0.15) is 0 Å². The molecule has 1 N–H and O–H groups in total. The van der Waals surface area contributed by atoms with Gasteiger partial charge in [-0.1, -0.05) is 18.2 Å². The van der Waals surface area contributed by atoms with Gasteiger partial charge in [-0.2, -0.15) is 0 Å². The van der Waals surface area contributed by atoms with Crippen molar-refractivity contribution in [2.24, 2.45) is 0 Å². The number of hydrogen-bond acceptors (Lipinski definition) is 4. The second kappa shape index (κ2) is 7.69. The maximum Gasteiger partial charge on any atom is 0.259 e. The van der Waals surface area contributed by atoms with Crippen LogP contribution in [0.4, 0.5) is 5.69 Å². The van der Waals surface area contributed by atoms with E-state index < -0.39 is 10.8 Å². The molecule has 0 radical (unpaired) electrons. The normalized spacial score (nSPS) is 15.5. The van der Waals surface area contributed by atoms with Crippen LogP contribution in [0.2, 0.25) is 0 Å². The van der Waals surface area contributed by atoms with E-state index in [1.165, 1.54) is 0 Å². The Bertz CT molecular complexity index is 1080. The van der Waals surface area contributed by atoms with Gasteiger partial charge >= 0.3 is 0 Å². The fraction of sp³-hybridized carbons (Fsp3) is 0.143. The summed E-state index contributed by atoms with van der Waals surface area (Å²) in [5.74, 6) is -0.436. The molecule has 3 aromatic rings. The summed E-state index contributed by atoms with van der Waals surface area (Å²) in [5.41, 5.74) is 1.39. The van der Waals surface area contributed by atoms with E-state index in [0.717, 1.165) is 4.88 Å². The molecule has 28 heavy (non-hydrogen) atoms. The molecule has 1 atom stereocenters. The molecule has 4 rings (SSSR count). The number of carbonyl (C=O) groups is 2. The Kier molecular flexibility index (Phi) is 5.11. The Balaban J connectivity index is 1.71. The van der Waals surface area contributed by atoms with Crippen LogP contribution in [0.5, 0.6) is 0 Å². The second-order valence-electron chi connectivity index (χ2n) is 6.26. The number of thiophene rings is 1. The topological polar surface area (TPSA) is 66.5 Å². The summed E-state index contributed by atoms with van der Waals surface area (Å²) in [4.78, 5) is 29.3. The highest BCUT2D eigenvalue weighted by atomic mass is 32.2. The van der Waals surface area contributed by atoms with Crippen LogP contribution in [-0.2, 0) is 17.3 Å². The highest BCUT2D eigenvalue weighted by Gasteiger charge is 2.30. The summed E-state index contributed by atoms with van der Waals surface area (Å²) < 4.78 is 13.1. The van der Waals surface area contributed by atoms with Gasteiger partial charge in [0.15, 0.2) is 0 Å². The van der Waals surface area contributed by atoms with Crippen LogP contribution in [0.15, 0.2) is 69.8 Å². The Morgan fingerprint density at radius 2 is 1.93 bits per heavy atom. The first-order valence-corrected chi connectivity index (χ1v) is 10.9. The maximum atomic E-state index is 13.1. The minimum Gasteiger partial charge on any atom is -0.347 e. The van der Waals surface area contributed by atoms with Crippen molar-refractivity contribution in [2.45, 2.75) is 23.3 Å². The summed E-state index contributed by atoms with van der Waals surface area (Å²) in [5, 5.41) is 4.85. The van der Waals surface area contributed by atoms with Gasteiger partial charge < -0.3 is 10.2 Å². The van der Waals surface area contributed by atoms with E-state index in [9.17, 15) is 13.8 Å². The molecule has 5 nitrogen and oxygen atoms in total. The fourth-order valence-corrected chi connectivity index (χ4v) is 5.19. The van der Waals surface area contributed by atoms with Crippen molar-refractivity contribution in [2.75, 3.05) is 11.4 Å². The first-order chi connectivity index (χ1) is 13.6. The highest BCUT2D eigenvalue weighted by molar-refractivity contribution is 7.85. The first-order valence-electron chi connectivity index (χ1n) is 8.87. The highest BCUT2D eigenvalue weighted by Crippen LogP contribution is 2.35. The molecule has 1 aromatic heterocycles. The molecule has 0 spiro atoms. The van der Waals surface area contributed by atoms with E-state index in [-0.39, 0.29) is 11.8 Å². The van der Waals surface area contributed by atoms with E-state index >= 15 is 0 Å². The van der Waals surface area contributed by atoms with Crippen molar-refractivity contribution in [3.63, 3.8) is 0 Å². The second-order valence-corrected chi connectivity index (χ2v) is 8.71. The van der Waals surface area contributed by atoms with Crippen molar-refractivity contribution in [1.29, 1.82) is 0 Å². The number of anilines is 1. The molecule has 1 aliphatic rings. The van der Waals surface area contributed by atoms with Crippen LogP contribution in [0.25, 0.3) is 0 Å². The Morgan fingerprint density at radius 1 is 1.11 bits per heavy atom. The van der Waals surface area contributed by atoms with Crippen molar-refractivity contribution >= 4 is 39.6 Å². The molecule has 1 aliphatic heterocycles. The Labute approximate surface area is 169 Å². The zero-order chi connectivity index (χ0) is 19.7. The van der Waals surface area contributed by atoms with Gasteiger partial charge in [-0.25, -0.2) is 4.21 Å². The summed E-state index contributed by atoms with van der Waals surface area (Å²) in [6, 6.07) is 15.8. The SMILES string of the molecule is CCN1C(=O)c2ccccc2[S@@](=O)c2ccc(C(=O)NCc3cccs3)cc21. The number of hydrogen-bond donors (Lipinski definition) is 1. The molecule has 2 aromatic carbocycles. The predicted octanol–water partition coefficient (Wildman–Crippen LogP) is 3.82. The maximum absolute atomic E-state index is 13.1. The summed E-state index contributed by atoms with van der Waals surface area (Å²) in [6.45, 7) is 2.72. The molecule has 142 valence electrons. The minimum absolute atomic E-state index is 0.207. The van der Waals surface area contributed by atoms with Crippen molar-refractivity contribution in [1.82, 2.24) is 5.32 Å². The number of fused-ring (bicyclic) bond motifs is 2. The third-order valence-electron chi connectivity index (χ3n) is 4.59. The van der Waals surface area contributed by atoms with Crippen molar-refractivity contribution in [3.8, 4) is 0 Å². The molecule has 7 heteroatoms. The smallest absolute Gasteiger partial charge is 0.259 e. The van der Waals surface area contributed by atoms with Crippen LogP contribution in [0.1, 0.15) is 32.5 Å². The number of amides is 2. The summed E-state index contributed by atoms with van der Waals surface area (Å²) in [7, 11) is -1.49.